The summed E-state index contributed by atoms with van der Waals surface area (Å²) in [5, 5.41) is 0. The highest BCUT2D eigenvalue weighted by Crippen LogP contribution is 2.22. The molecule has 1 aromatic heterocycles. The molecule has 1 amide bonds. The zero-order chi connectivity index (χ0) is 18.1. The van der Waals surface area contributed by atoms with Crippen LogP contribution in [0.15, 0.2) is 35.3 Å². The maximum absolute atomic E-state index is 14.2. The van der Waals surface area contributed by atoms with Gasteiger partial charge >= 0.3 is 0 Å². The van der Waals surface area contributed by atoms with Gasteiger partial charge in [-0.2, -0.15) is 4.99 Å². The number of hydrogen-bond acceptors (Lipinski definition) is 2. The molecule has 0 fully saturated rings. The normalized spacial score (nSPS) is 12.1. The van der Waals surface area contributed by atoms with Gasteiger partial charge in [-0.05, 0) is 49.6 Å². The first-order chi connectivity index (χ1) is 11.9. The first-order valence-electron chi connectivity index (χ1n) is 8.05. The fraction of sp³-hybridized carbons (Fsp3) is 0.263. The van der Waals surface area contributed by atoms with Crippen LogP contribution in [0.4, 0.5) is 8.78 Å². The predicted octanol–water partition coefficient (Wildman–Crippen LogP) is 4.75. The van der Waals surface area contributed by atoms with E-state index in [1.165, 1.54) is 6.07 Å². The number of nitrogens with zero attached hydrogens (tertiary/aromatic N) is 2. The van der Waals surface area contributed by atoms with E-state index in [-0.39, 0.29) is 5.91 Å². The number of carbonyl (C=O) groups excluding carboxylic acids is 1. The van der Waals surface area contributed by atoms with Crippen molar-refractivity contribution < 1.29 is 13.6 Å². The summed E-state index contributed by atoms with van der Waals surface area (Å²) in [7, 11) is 0. The van der Waals surface area contributed by atoms with Crippen molar-refractivity contribution in [1.82, 2.24) is 4.57 Å². The zero-order valence-electron chi connectivity index (χ0n) is 14.3. The van der Waals surface area contributed by atoms with Gasteiger partial charge in [0.25, 0.3) is 5.91 Å². The summed E-state index contributed by atoms with van der Waals surface area (Å²) in [6, 6.07) is 7.52. The van der Waals surface area contributed by atoms with Gasteiger partial charge in [0.2, 0.25) is 0 Å². The van der Waals surface area contributed by atoms with Crippen molar-refractivity contribution in [1.29, 1.82) is 0 Å². The Kier molecular flexibility index (Phi) is 4.81. The summed E-state index contributed by atoms with van der Waals surface area (Å²) < 4.78 is 29.8. The average Bonchev–Trinajstić information content (AvgIpc) is 2.87. The van der Waals surface area contributed by atoms with Crippen molar-refractivity contribution >= 4 is 27.5 Å². The van der Waals surface area contributed by atoms with E-state index in [1.807, 2.05) is 26.8 Å². The molecule has 3 rings (SSSR count). The van der Waals surface area contributed by atoms with Gasteiger partial charge in [-0.3, -0.25) is 4.79 Å². The van der Waals surface area contributed by atoms with Crippen molar-refractivity contribution in [2.24, 2.45) is 4.99 Å². The average molecular weight is 360 g/mol. The fourth-order valence-electron chi connectivity index (χ4n) is 2.67. The smallest absolute Gasteiger partial charge is 0.279 e. The second-order valence-electron chi connectivity index (χ2n) is 5.99. The third-order valence-electron chi connectivity index (χ3n) is 4.09. The lowest BCUT2D eigenvalue weighted by Crippen LogP contribution is -2.17. The van der Waals surface area contributed by atoms with E-state index in [0.717, 1.165) is 35.0 Å². The molecule has 130 valence electrons. The molecule has 3 aromatic rings. The van der Waals surface area contributed by atoms with Crippen molar-refractivity contribution in [3.8, 4) is 0 Å². The van der Waals surface area contributed by atoms with Crippen molar-refractivity contribution in [3.05, 3.63) is 63.5 Å². The molecule has 0 saturated heterocycles. The number of aryl methyl sites for hydroxylation is 3. The van der Waals surface area contributed by atoms with E-state index in [9.17, 15) is 13.6 Å². The Morgan fingerprint density at radius 1 is 1.16 bits per heavy atom. The van der Waals surface area contributed by atoms with Gasteiger partial charge in [0.15, 0.2) is 10.6 Å². The summed E-state index contributed by atoms with van der Waals surface area (Å²) in [5.41, 5.74) is 2.87. The van der Waals surface area contributed by atoms with E-state index >= 15 is 0 Å². The molecule has 0 radical (unpaired) electrons. The quantitative estimate of drug-likeness (QED) is 0.664. The van der Waals surface area contributed by atoms with Crippen LogP contribution in [-0.2, 0) is 6.54 Å². The molecule has 0 saturated carbocycles. The summed E-state index contributed by atoms with van der Waals surface area (Å²) in [6.07, 6.45) is 0.744. The lowest BCUT2D eigenvalue weighted by atomic mass is 10.1. The Bertz CT molecular complexity index is 1030. The molecule has 0 atom stereocenters. The van der Waals surface area contributed by atoms with Gasteiger partial charge in [-0.1, -0.05) is 24.3 Å². The molecule has 0 bridgehead atoms. The predicted molar refractivity (Wildman–Crippen MR) is 95.8 cm³/mol. The number of amides is 1. The number of hydrogen-bond donors (Lipinski definition) is 0. The minimum atomic E-state index is -0.639. The Morgan fingerprint density at radius 2 is 1.92 bits per heavy atom. The number of benzene rings is 2. The first kappa shape index (κ1) is 17.5. The Hall–Kier alpha value is -2.34. The molecular weight excluding hydrogens is 342 g/mol. The lowest BCUT2D eigenvalue weighted by molar-refractivity contribution is 0.0997. The van der Waals surface area contributed by atoms with Gasteiger partial charge in [0.05, 0.1) is 10.2 Å². The van der Waals surface area contributed by atoms with E-state index in [4.69, 9.17) is 0 Å². The zero-order valence-corrected chi connectivity index (χ0v) is 15.1. The molecular formula is C19H18F2N2OS. The van der Waals surface area contributed by atoms with Crippen molar-refractivity contribution in [2.75, 3.05) is 0 Å². The summed E-state index contributed by atoms with van der Waals surface area (Å²) in [4.78, 5) is 17.1. The van der Waals surface area contributed by atoms with Crippen LogP contribution >= 0.6 is 11.3 Å². The van der Waals surface area contributed by atoms with Gasteiger partial charge < -0.3 is 4.57 Å². The van der Waals surface area contributed by atoms with Crippen molar-refractivity contribution in [3.63, 3.8) is 0 Å². The topological polar surface area (TPSA) is 34.4 Å². The molecule has 0 aliphatic carbocycles. The minimum Gasteiger partial charge on any atom is -0.314 e. The van der Waals surface area contributed by atoms with E-state index in [1.54, 1.807) is 16.7 Å². The minimum absolute atomic E-state index is 0.292. The third kappa shape index (κ3) is 3.39. The third-order valence-corrected chi connectivity index (χ3v) is 5.12. The lowest BCUT2D eigenvalue weighted by Gasteiger charge is -2.04. The van der Waals surface area contributed by atoms with Gasteiger partial charge in [0, 0.05) is 18.2 Å². The van der Waals surface area contributed by atoms with Crippen LogP contribution in [0.25, 0.3) is 10.2 Å². The number of thiazole rings is 1. The maximum atomic E-state index is 14.2. The fourth-order valence-corrected chi connectivity index (χ4v) is 3.77. The highest BCUT2D eigenvalue weighted by Gasteiger charge is 2.14. The van der Waals surface area contributed by atoms with Crippen LogP contribution in [0.1, 0.15) is 34.8 Å². The monoisotopic (exact) mass is 360 g/mol. The van der Waals surface area contributed by atoms with E-state index < -0.39 is 11.6 Å². The van der Waals surface area contributed by atoms with Gasteiger partial charge in [-0.25, -0.2) is 8.78 Å². The van der Waals surface area contributed by atoms with Gasteiger partial charge in [-0.15, -0.1) is 0 Å². The van der Waals surface area contributed by atoms with Crippen LogP contribution in [0.3, 0.4) is 0 Å². The molecule has 0 spiro atoms. The summed E-state index contributed by atoms with van der Waals surface area (Å²) in [5.74, 6) is -1.66. The largest absolute Gasteiger partial charge is 0.314 e. The molecule has 0 aliphatic heterocycles. The number of fused-ring (bicyclic) bond motifs is 1. The van der Waals surface area contributed by atoms with Crippen LogP contribution < -0.4 is 4.80 Å². The Labute approximate surface area is 148 Å². The molecule has 25 heavy (non-hydrogen) atoms. The highest BCUT2D eigenvalue weighted by molar-refractivity contribution is 7.16. The van der Waals surface area contributed by atoms with E-state index in [2.05, 4.69) is 4.99 Å². The molecule has 6 heteroatoms. The summed E-state index contributed by atoms with van der Waals surface area (Å²) in [6.45, 7) is 6.36. The van der Waals surface area contributed by atoms with Gasteiger partial charge in [0.1, 0.15) is 5.82 Å². The maximum Gasteiger partial charge on any atom is 0.279 e. The van der Waals surface area contributed by atoms with Crippen LogP contribution in [0, 0.1) is 25.5 Å². The number of halogens is 2. The molecule has 1 heterocycles. The second kappa shape index (κ2) is 6.88. The Balaban J connectivity index is 2.17. The van der Waals surface area contributed by atoms with Crippen LogP contribution in [-0.4, -0.2) is 10.5 Å². The number of carbonyl (C=O) groups is 1. The molecule has 0 aliphatic rings. The summed E-state index contributed by atoms with van der Waals surface area (Å²) >= 11 is 1.12. The molecule has 0 N–H and O–H groups in total. The molecule has 0 unspecified atom stereocenters. The molecule has 3 nitrogen and oxygen atoms in total. The van der Waals surface area contributed by atoms with Crippen LogP contribution in [0.5, 0.6) is 0 Å². The number of rotatable bonds is 3. The SMILES string of the molecule is CCCn1c(=NC(=O)c2ccc(C)c(C)c2)sc2cc(F)cc(F)c21. The molecule has 2 aromatic carbocycles. The van der Waals surface area contributed by atoms with Crippen molar-refractivity contribution in [2.45, 2.75) is 33.7 Å². The number of aromatic nitrogens is 1. The van der Waals surface area contributed by atoms with Crippen LogP contribution in [0.2, 0.25) is 0 Å². The van der Waals surface area contributed by atoms with E-state index in [0.29, 0.717) is 27.1 Å². The second-order valence-corrected chi connectivity index (χ2v) is 7.00. The first-order valence-corrected chi connectivity index (χ1v) is 8.87. The standard InChI is InChI=1S/C19H18F2N2OS/c1-4-7-23-17-15(21)9-14(20)10-16(17)25-19(23)22-18(24)13-6-5-11(2)12(3)8-13/h5-6,8-10H,4,7H2,1-3H3. The highest BCUT2D eigenvalue weighted by atomic mass is 32.1. The Morgan fingerprint density at radius 3 is 2.60 bits per heavy atom.